The summed E-state index contributed by atoms with van der Waals surface area (Å²) in [4.78, 5) is 2.51. The van der Waals surface area contributed by atoms with Gasteiger partial charge in [0.05, 0.1) is 5.00 Å². The number of benzene rings is 1. The SMILES string of the molecule is c1ccc(Cc2ccsc2N2CCNCC2)cc1. The van der Waals surface area contributed by atoms with Gasteiger partial charge in [-0.25, -0.2) is 0 Å². The van der Waals surface area contributed by atoms with Gasteiger partial charge in [-0.15, -0.1) is 11.3 Å². The first-order chi connectivity index (χ1) is 8.93. The zero-order valence-electron chi connectivity index (χ0n) is 10.4. The van der Waals surface area contributed by atoms with Crippen molar-refractivity contribution in [2.75, 3.05) is 31.1 Å². The molecule has 0 atom stereocenters. The molecule has 1 aliphatic rings. The second kappa shape index (κ2) is 5.55. The Balaban J connectivity index is 1.78. The highest BCUT2D eigenvalue weighted by Crippen LogP contribution is 2.29. The summed E-state index contributed by atoms with van der Waals surface area (Å²) in [5, 5.41) is 7.09. The lowest BCUT2D eigenvalue weighted by molar-refractivity contribution is 0.591. The minimum Gasteiger partial charge on any atom is -0.361 e. The van der Waals surface area contributed by atoms with Crippen LogP contribution in [0.5, 0.6) is 0 Å². The van der Waals surface area contributed by atoms with Gasteiger partial charge < -0.3 is 10.2 Å². The molecule has 1 aliphatic heterocycles. The first kappa shape index (κ1) is 11.8. The zero-order chi connectivity index (χ0) is 12.2. The Labute approximate surface area is 112 Å². The Morgan fingerprint density at radius 1 is 1.06 bits per heavy atom. The van der Waals surface area contributed by atoms with Crippen molar-refractivity contribution in [3.63, 3.8) is 0 Å². The summed E-state index contributed by atoms with van der Waals surface area (Å²) in [5.74, 6) is 0. The van der Waals surface area contributed by atoms with Crippen LogP contribution in [-0.2, 0) is 6.42 Å². The molecule has 2 nitrogen and oxygen atoms in total. The third-order valence-corrected chi connectivity index (χ3v) is 4.38. The number of nitrogens with zero attached hydrogens (tertiary/aromatic N) is 1. The fourth-order valence-electron chi connectivity index (χ4n) is 2.42. The van der Waals surface area contributed by atoms with E-state index >= 15 is 0 Å². The molecule has 2 aromatic rings. The van der Waals surface area contributed by atoms with Crippen molar-refractivity contribution in [3.8, 4) is 0 Å². The molecular formula is C15H18N2S. The van der Waals surface area contributed by atoms with E-state index in [-0.39, 0.29) is 0 Å². The van der Waals surface area contributed by atoms with Crippen LogP contribution in [0.1, 0.15) is 11.1 Å². The summed E-state index contributed by atoms with van der Waals surface area (Å²) >= 11 is 1.87. The van der Waals surface area contributed by atoms with Gasteiger partial charge in [-0.05, 0) is 22.6 Å². The highest BCUT2D eigenvalue weighted by Gasteiger charge is 2.15. The second-order valence-corrected chi connectivity index (χ2v) is 5.54. The Morgan fingerprint density at radius 3 is 2.61 bits per heavy atom. The molecule has 2 heterocycles. The van der Waals surface area contributed by atoms with Gasteiger partial charge in [-0.1, -0.05) is 30.3 Å². The highest BCUT2D eigenvalue weighted by atomic mass is 32.1. The van der Waals surface area contributed by atoms with Gasteiger partial charge in [0.1, 0.15) is 0 Å². The van der Waals surface area contributed by atoms with Gasteiger partial charge in [-0.3, -0.25) is 0 Å². The van der Waals surface area contributed by atoms with Gasteiger partial charge in [0.25, 0.3) is 0 Å². The summed E-state index contributed by atoms with van der Waals surface area (Å²) in [6, 6.07) is 13.0. The average Bonchev–Trinajstić information content (AvgIpc) is 2.89. The molecule has 0 aliphatic carbocycles. The molecule has 0 amide bonds. The molecule has 3 heteroatoms. The van der Waals surface area contributed by atoms with Crippen LogP contribution in [0, 0.1) is 0 Å². The van der Waals surface area contributed by atoms with Crippen molar-refractivity contribution in [2.45, 2.75) is 6.42 Å². The molecule has 0 spiro atoms. The number of hydrogen-bond donors (Lipinski definition) is 1. The number of piperazine rings is 1. The van der Waals surface area contributed by atoms with E-state index in [0.717, 1.165) is 32.6 Å². The highest BCUT2D eigenvalue weighted by molar-refractivity contribution is 7.14. The monoisotopic (exact) mass is 258 g/mol. The number of rotatable bonds is 3. The molecule has 3 rings (SSSR count). The molecule has 1 aromatic carbocycles. The van der Waals surface area contributed by atoms with E-state index in [1.165, 1.54) is 16.1 Å². The van der Waals surface area contributed by atoms with Crippen LogP contribution in [0.2, 0.25) is 0 Å². The summed E-state index contributed by atoms with van der Waals surface area (Å²) in [7, 11) is 0. The van der Waals surface area contributed by atoms with Crippen molar-refractivity contribution in [1.82, 2.24) is 5.32 Å². The predicted octanol–water partition coefficient (Wildman–Crippen LogP) is 2.75. The third kappa shape index (κ3) is 2.57. The molecule has 0 radical (unpaired) electrons. The summed E-state index contributed by atoms with van der Waals surface area (Å²) in [5.41, 5.74) is 2.86. The first-order valence-electron chi connectivity index (χ1n) is 6.49. The van der Waals surface area contributed by atoms with Crippen molar-refractivity contribution in [1.29, 1.82) is 0 Å². The van der Waals surface area contributed by atoms with Crippen LogP contribution in [0.15, 0.2) is 41.8 Å². The van der Waals surface area contributed by atoms with Crippen LogP contribution in [0.4, 0.5) is 5.00 Å². The lowest BCUT2D eigenvalue weighted by atomic mass is 10.1. The normalized spacial score (nSPS) is 15.9. The van der Waals surface area contributed by atoms with Crippen LogP contribution < -0.4 is 10.2 Å². The molecular weight excluding hydrogens is 240 g/mol. The minimum absolute atomic E-state index is 1.05. The van der Waals surface area contributed by atoms with E-state index in [1.54, 1.807) is 0 Å². The van der Waals surface area contributed by atoms with Gasteiger partial charge >= 0.3 is 0 Å². The predicted molar refractivity (Wildman–Crippen MR) is 78.6 cm³/mol. The van der Waals surface area contributed by atoms with Crippen LogP contribution >= 0.6 is 11.3 Å². The fourth-order valence-corrected chi connectivity index (χ4v) is 3.41. The van der Waals surface area contributed by atoms with Gasteiger partial charge in [0, 0.05) is 32.6 Å². The molecule has 1 aromatic heterocycles. The average molecular weight is 258 g/mol. The maximum Gasteiger partial charge on any atom is 0.0945 e. The fraction of sp³-hybridized carbons (Fsp3) is 0.333. The van der Waals surface area contributed by atoms with E-state index in [9.17, 15) is 0 Å². The molecule has 1 fully saturated rings. The lowest BCUT2D eigenvalue weighted by Gasteiger charge is -2.29. The largest absolute Gasteiger partial charge is 0.361 e. The van der Waals surface area contributed by atoms with Gasteiger partial charge in [0.2, 0.25) is 0 Å². The Bertz CT molecular complexity index is 486. The van der Waals surface area contributed by atoms with E-state index in [0.29, 0.717) is 0 Å². The summed E-state index contributed by atoms with van der Waals surface area (Å²) in [6.45, 7) is 4.45. The van der Waals surface area contributed by atoms with Gasteiger partial charge in [0.15, 0.2) is 0 Å². The number of hydrogen-bond acceptors (Lipinski definition) is 3. The maximum atomic E-state index is 3.41. The van der Waals surface area contributed by atoms with E-state index in [1.807, 2.05) is 11.3 Å². The summed E-state index contributed by atoms with van der Waals surface area (Å²) < 4.78 is 0. The van der Waals surface area contributed by atoms with Crippen molar-refractivity contribution >= 4 is 16.3 Å². The smallest absolute Gasteiger partial charge is 0.0945 e. The lowest BCUT2D eigenvalue weighted by Crippen LogP contribution is -2.43. The van der Waals surface area contributed by atoms with Crippen molar-refractivity contribution in [2.24, 2.45) is 0 Å². The minimum atomic E-state index is 1.05. The summed E-state index contributed by atoms with van der Waals surface area (Å²) in [6.07, 6.45) is 1.05. The van der Waals surface area contributed by atoms with E-state index < -0.39 is 0 Å². The van der Waals surface area contributed by atoms with Gasteiger partial charge in [-0.2, -0.15) is 0 Å². The first-order valence-corrected chi connectivity index (χ1v) is 7.37. The Kier molecular flexibility index (Phi) is 3.62. The molecule has 0 unspecified atom stereocenters. The quantitative estimate of drug-likeness (QED) is 0.910. The van der Waals surface area contributed by atoms with Crippen LogP contribution in [0.25, 0.3) is 0 Å². The van der Waals surface area contributed by atoms with Crippen LogP contribution in [0.3, 0.4) is 0 Å². The Morgan fingerprint density at radius 2 is 1.83 bits per heavy atom. The number of nitrogens with one attached hydrogen (secondary N) is 1. The third-order valence-electron chi connectivity index (χ3n) is 3.37. The standard InChI is InChI=1S/C15H18N2S/c1-2-4-13(5-3-1)12-14-6-11-18-15(14)17-9-7-16-8-10-17/h1-6,11,16H,7-10,12H2. The van der Waals surface area contributed by atoms with Crippen molar-refractivity contribution in [3.05, 3.63) is 52.9 Å². The molecule has 1 N–H and O–H groups in total. The maximum absolute atomic E-state index is 3.41. The second-order valence-electron chi connectivity index (χ2n) is 4.65. The van der Waals surface area contributed by atoms with E-state index in [4.69, 9.17) is 0 Å². The number of thiophene rings is 1. The molecule has 0 bridgehead atoms. The van der Waals surface area contributed by atoms with E-state index in [2.05, 4.69) is 52.0 Å². The number of anilines is 1. The molecule has 94 valence electrons. The molecule has 1 saturated heterocycles. The van der Waals surface area contributed by atoms with Crippen molar-refractivity contribution < 1.29 is 0 Å². The zero-order valence-corrected chi connectivity index (χ0v) is 11.2. The molecule has 0 saturated carbocycles. The Hall–Kier alpha value is -1.32. The van der Waals surface area contributed by atoms with Crippen LogP contribution in [-0.4, -0.2) is 26.2 Å². The topological polar surface area (TPSA) is 15.3 Å². The molecule has 18 heavy (non-hydrogen) atoms.